The van der Waals surface area contributed by atoms with Crippen LogP contribution in [0.1, 0.15) is 35.9 Å². The lowest BCUT2D eigenvalue weighted by Gasteiger charge is -2.21. The van der Waals surface area contributed by atoms with Crippen LogP contribution in [0.2, 0.25) is 0 Å². The summed E-state index contributed by atoms with van der Waals surface area (Å²) in [6.07, 6.45) is 0. The van der Waals surface area contributed by atoms with E-state index in [2.05, 4.69) is 50.2 Å². The summed E-state index contributed by atoms with van der Waals surface area (Å²) in [6, 6.07) is 33.2. The van der Waals surface area contributed by atoms with Crippen LogP contribution in [0.15, 0.2) is 162 Å². The number of rotatable bonds is 2. The summed E-state index contributed by atoms with van der Waals surface area (Å²) >= 11 is 0. The van der Waals surface area contributed by atoms with E-state index in [1.807, 2.05) is 72.8 Å². The second-order valence-electron chi connectivity index (χ2n) is 13.8. The minimum absolute atomic E-state index is 0.155. The van der Waals surface area contributed by atoms with E-state index in [1.54, 1.807) is 0 Å². The van der Waals surface area contributed by atoms with E-state index in [0.717, 1.165) is 43.4 Å². The van der Waals surface area contributed by atoms with Crippen molar-refractivity contribution in [2.75, 3.05) is 0 Å². The molecule has 0 amide bonds. The maximum atomic E-state index is 9.50. The summed E-state index contributed by atoms with van der Waals surface area (Å²) in [6.45, 7) is 4.43. The second kappa shape index (κ2) is 9.94. The zero-order valence-corrected chi connectivity index (χ0v) is 27.3. The van der Waals surface area contributed by atoms with E-state index in [4.69, 9.17) is 9.90 Å². The summed E-state index contributed by atoms with van der Waals surface area (Å²) in [5.41, 5.74) is 7.10. The van der Waals surface area contributed by atoms with Gasteiger partial charge in [0.1, 0.15) is 11.2 Å². The maximum absolute atomic E-state index is 9.50. The zero-order chi connectivity index (χ0) is 40.1. The molecule has 50 heavy (non-hydrogen) atoms. The Labute approximate surface area is 301 Å². The molecule has 1 heterocycles. The van der Waals surface area contributed by atoms with Gasteiger partial charge in [0.15, 0.2) is 0 Å². The number of fused-ring (bicyclic) bond motifs is 11. The van der Waals surface area contributed by atoms with Crippen LogP contribution in [0.5, 0.6) is 0 Å². The largest absolute Gasteiger partial charge is 0.455 e. The predicted octanol–water partition coefficient (Wildman–Crippen LogP) is 13.8. The van der Waals surface area contributed by atoms with Crippen molar-refractivity contribution in [1.82, 2.24) is 0 Å². The highest BCUT2D eigenvalue weighted by atomic mass is 16.3. The van der Waals surface area contributed by atoms with Crippen LogP contribution in [0.25, 0.3) is 98.4 Å². The van der Waals surface area contributed by atoms with Crippen LogP contribution in [0.3, 0.4) is 0 Å². The van der Waals surface area contributed by atoms with Gasteiger partial charge >= 0.3 is 0 Å². The quantitative estimate of drug-likeness (QED) is 0.135. The van der Waals surface area contributed by atoms with Gasteiger partial charge in [-0.25, -0.2) is 0 Å². The molecule has 11 rings (SSSR count). The van der Waals surface area contributed by atoms with Gasteiger partial charge in [-0.2, -0.15) is 0 Å². The Bertz CT molecular complexity index is 3450. The van der Waals surface area contributed by atoms with Gasteiger partial charge in [0.25, 0.3) is 0 Å². The molecule has 0 atom stereocenters. The lowest BCUT2D eigenvalue weighted by molar-refractivity contribution is 0.658. The average Bonchev–Trinajstić information content (AvgIpc) is 3.72. The fourth-order valence-electron chi connectivity index (χ4n) is 8.54. The first-order chi connectivity index (χ1) is 27.9. The van der Waals surface area contributed by atoms with Gasteiger partial charge in [0.05, 0.1) is 11.0 Å². The maximum Gasteiger partial charge on any atom is 0.143 e. The summed E-state index contributed by atoms with van der Waals surface area (Å²) in [4.78, 5) is 0. The molecule has 0 saturated heterocycles. The molecule has 0 N–H and O–H groups in total. The zero-order valence-electron chi connectivity index (χ0n) is 35.3. The third kappa shape index (κ3) is 3.67. The smallest absolute Gasteiger partial charge is 0.143 e. The third-order valence-corrected chi connectivity index (χ3v) is 10.9. The van der Waals surface area contributed by atoms with Gasteiger partial charge in [0.2, 0.25) is 0 Å². The van der Waals surface area contributed by atoms with Crippen molar-refractivity contribution in [1.29, 1.82) is 0 Å². The van der Waals surface area contributed by atoms with E-state index in [1.165, 1.54) is 11.1 Å². The topological polar surface area (TPSA) is 13.1 Å². The molecule has 0 unspecified atom stereocenters. The number of hydrogen-bond donors (Lipinski definition) is 0. The Kier molecular flexibility index (Phi) is 4.18. The SMILES string of the molecule is [2H]c1c([2H])c([2H])c2c(-c3cccc4c3oc3cc5c(cc34)C(C)(C)c3ccccc3-5)c3c([2H])c([2H])c([2H])c([2H])c3c(-c3ccc4c(ccc5ccccc54)c3)c2c1[2H]. The van der Waals surface area contributed by atoms with Crippen LogP contribution in [0, 0.1) is 0 Å². The normalized spacial score (nSPS) is 15.8. The molecule has 1 aliphatic rings. The number of hydrogen-bond acceptors (Lipinski definition) is 1. The Morgan fingerprint density at radius 3 is 1.90 bits per heavy atom. The molecule has 0 aliphatic heterocycles. The molecular weight excluding hydrogens is 605 g/mol. The van der Waals surface area contributed by atoms with Crippen molar-refractivity contribution in [2.24, 2.45) is 0 Å². The van der Waals surface area contributed by atoms with Gasteiger partial charge in [0, 0.05) is 27.3 Å². The fourth-order valence-corrected chi connectivity index (χ4v) is 8.54. The highest BCUT2D eigenvalue weighted by Crippen LogP contribution is 2.52. The van der Waals surface area contributed by atoms with Crippen LogP contribution in [-0.4, -0.2) is 0 Å². The number of para-hydroxylation sites is 1. The first-order valence-corrected chi connectivity index (χ1v) is 16.9. The predicted molar refractivity (Wildman–Crippen MR) is 212 cm³/mol. The Morgan fingerprint density at radius 2 is 1.10 bits per heavy atom. The second-order valence-corrected chi connectivity index (χ2v) is 13.8. The Balaban J connectivity index is 1.31. The molecule has 0 spiro atoms. The molecule has 1 aromatic heterocycles. The van der Waals surface area contributed by atoms with E-state index < -0.39 is 24.2 Å². The molecule has 0 fully saturated rings. The van der Waals surface area contributed by atoms with Crippen molar-refractivity contribution in [3.8, 4) is 33.4 Å². The average molecular weight is 645 g/mol. The van der Waals surface area contributed by atoms with Gasteiger partial charge in [-0.3, -0.25) is 0 Å². The van der Waals surface area contributed by atoms with Crippen LogP contribution < -0.4 is 0 Å². The highest BCUT2D eigenvalue weighted by Gasteiger charge is 2.36. The minimum Gasteiger partial charge on any atom is -0.455 e. The van der Waals surface area contributed by atoms with Crippen molar-refractivity contribution < 1.29 is 15.4 Å². The number of benzene rings is 9. The van der Waals surface area contributed by atoms with Gasteiger partial charge in [-0.1, -0.05) is 153 Å². The summed E-state index contributed by atoms with van der Waals surface area (Å²) in [5, 5.41) is 6.32. The molecule has 0 bridgehead atoms. The van der Waals surface area contributed by atoms with Crippen molar-refractivity contribution in [3.63, 3.8) is 0 Å². The molecule has 0 saturated carbocycles. The molecule has 10 aromatic rings. The Hall–Kier alpha value is -6.18. The molecule has 1 nitrogen and oxygen atoms in total. The van der Waals surface area contributed by atoms with E-state index in [-0.39, 0.29) is 56.7 Å². The van der Waals surface area contributed by atoms with Gasteiger partial charge < -0.3 is 4.42 Å². The fraction of sp³-hybridized carbons (Fsp3) is 0.0612. The highest BCUT2D eigenvalue weighted by molar-refractivity contribution is 6.25. The van der Waals surface area contributed by atoms with E-state index in [9.17, 15) is 5.48 Å². The van der Waals surface area contributed by atoms with Crippen LogP contribution in [-0.2, 0) is 5.41 Å². The number of furan rings is 1. The molecule has 1 aliphatic carbocycles. The van der Waals surface area contributed by atoms with Crippen molar-refractivity contribution in [2.45, 2.75) is 19.3 Å². The van der Waals surface area contributed by atoms with Gasteiger partial charge in [-0.15, -0.1) is 0 Å². The first-order valence-electron chi connectivity index (χ1n) is 20.9. The van der Waals surface area contributed by atoms with Crippen molar-refractivity contribution in [3.05, 3.63) is 169 Å². The van der Waals surface area contributed by atoms with Crippen LogP contribution in [0.4, 0.5) is 0 Å². The molecule has 0 radical (unpaired) electrons. The molecule has 1 heteroatoms. The summed E-state index contributed by atoms with van der Waals surface area (Å²) < 4.78 is 80.3. The Morgan fingerprint density at radius 1 is 0.460 bits per heavy atom. The third-order valence-electron chi connectivity index (χ3n) is 10.9. The minimum atomic E-state index is -0.441. The lowest BCUT2D eigenvalue weighted by atomic mass is 9.82. The standard InChI is InChI=1S/C49H32O/c1-49(2)43-21-10-9-14-34(43)41-28-45-42(27-44(41)49)39-19-11-20-40(48(39)50-45)47-37-17-7-5-15-35(37)46(36-16-6-8-18-38(36)47)31-24-25-33-30(26-31)23-22-29-12-3-4-13-32(29)33/h3-28H,1-2H3/i5D,6D,7D,8D,15D,16D,17D,18D. The van der Waals surface area contributed by atoms with E-state index >= 15 is 0 Å². The molecular formula is C49H32O. The summed E-state index contributed by atoms with van der Waals surface area (Å²) in [5.74, 6) is 0. The lowest BCUT2D eigenvalue weighted by Crippen LogP contribution is -2.14. The van der Waals surface area contributed by atoms with Crippen LogP contribution >= 0.6 is 0 Å². The van der Waals surface area contributed by atoms with Gasteiger partial charge in [-0.05, 0) is 94.7 Å². The monoisotopic (exact) mass is 644 g/mol. The summed E-state index contributed by atoms with van der Waals surface area (Å²) in [7, 11) is 0. The first kappa shape index (κ1) is 21.0. The van der Waals surface area contributed by atoms with Crippen molar-refractivity contribution >= 4 is 65.0 Å². The molecule has 9 aromatic carbocycles. The van der Waals surface area contributed by atoms with E-state index in [0.29, 0.717) is 27.9 Å². The molecule has 234 valence electrons.